The summed E-state index contributed by atoms with van der Waals surface area (Å²) in [6.07, 6.45) is 3.30. The second-order valence-electron chi connectivity index (χ2n) is 4.95. The number of carbonyl (C=O) groups is 1. The van der Waals surface area contributed by atoms with E-state index in [0.29, 0.717) is 5.69 Å². The largest absolute Gasteiger partial charge is 0.446 e. The monoisotopic (exact) mass is 326 g/mol. The van der Waals surface area contributed by atoms with Gasteiger partial charge in [0, 0.05) is 5.69 Å². The highest BCUT2D eigenvalue weighted by molar-refractivity contribution is 7.90. The highest BCUT2D eigenvalue weighted by Gasteiger charge is 2.19. The number of anilines is 1. The van der Waals surface area contributed by atoms with Crippen molar-refractivity contribution in [1.82, 2.24) is 0 Å². The van der Waals surface area contributed by atoms with Crippen molar-refractivity contribution >= 4 is 27.8 Å². The van der Waals surface area contributed by atoms with Crippen molar-refractivity contribution in [3.63, 3.8) is 0 Å². The highest BCUT2D eigenvalue weighted by Crippen LogP contribution is 2.22. The molecule has 0 atom stereocenters. The van der Waals surface area contributed by atoms with Crippen LogP contribution >= 0.6 is 0 Å². The normalized spacial score (nSPS) is 15.3. The SMILES string of the molecule is NC(N)=NS(=O)(=O)c1ccc(NC(=O)OC2CCCC2)cc1. The Morgan fingerprint density at radius 2 is 1.77 bits per heavy atom. The molecule has 0 aliphatic heterocycles. The van der Waals surface area contributed by atoms with Crippen molar-refractivity contribution in [2.45, 2.75) is 36.7 Å². The maximum atomic E-state index is 11.7. The van der Waals surface area contributed by atoms with Crippen LogP contribution in [0.2, 0.25) is 0 Å². The Hall–Kier alpha value is -2.29. The molecule has 8 nitrogen and oxygen atoms in total. The van der Waals surface area contributed by atoms with E-state index in [4.69, 9.17) is 16.2 Å². The molecule has 0 spiro atoms. The van der Waals surface area contributed by atoms with Gasteiger partial charge in [-0.2, -0.15) is 8.42 Å². The maximum Gasteiger partial charge on any atom is 0.411 e. The van der Waals surface area contributed by atoms with E-state index in [0.717, 1.165) is 25.7 Å². The Morgan fingerprint density at radius 1 is 1.18 bits per heavy atom. The van der Waals surface area contributed by atoms with Gasteiger partial charge >= 0.3 is 6.09 Å². The second kappa shape index (κ2) is 6.65. The number of sulfonamides is 1. The van der Waals surface area contributed by atoms with E-state index in [2.05, 4.69) is 9.71 Å². The van der Waals surface area contributed by atoms with Crippen LogP contribution < -0.4 is 16.8 Å². The van der Waals surface area contributed by atoms with E-state index in [1.54, 1.807) is 0 Å². The molecule has 1 amide bonds. The van der Waals surface area contributed by atoms with Gasteiger partial charge in [0.2, 0.25) is 5.96 Å². The molecule has 1 aliphatic rings. The fraction of sp³-hybridized carbons (Fsp3) is 0.385. The van der Waals surface area contributed by atoms with Gasteiger partial charge in [0.1, 0.15) is 6.10 Å². The Morgan fingerprint density at radius 3 is 2.32 bits per heavy atom. The number of benzene rings is 1. The first-order valence-electron chi connectivity index (χ1n) is 6.80. The Labute approximate surface area is 128 Å². The van der Waals surface area contributed by atoms with Crippen LogP contribution in [0.1, 0.15) is 25.7 Å². The zero-order valence-corrected chi connectivity index (χ0v) is 12.7. The molecule has 1 saturated carbocycles. The minimum Gasteiger partial charge on any atom is -0.446 e. The van der Waals surface area contributed by atoms with E-state index >= 15 is 0 Å². The molecule has 1 aromatic rings. The summed E-state index contributed by atoms with van der Waals surface area (Å²) in [7, 11) is -3.93. The third kappa shape index (κ3) is 4.35. The van der Waals surface area contributed by atoms with Crippen LogP contribution in [-0.4, -0.2) is 26.6 Å². The number of hydrogen-bond acceptors (Lipinski definition) is 4. The molecule has 0 saturated heterocycles. The van der Waals surface area contributed by atoms with Crippen molar-refractivity contribution in [2.75, 3.05) is 5.32 Å². The molecule has 0 aromatic heterocycles. The fourth-order valence-electron chi connectivity index (χ4n) is 2.21. The predicted molar refractivity (Wildman–Crippen MR) is 81.8 cm³/mol. The third-order valence-electron chi connectivity index (χ3n) is 3.20. The number of carbonyl (C=O) groups excluding carboxylic acids is 1. The predicted octanol–water partition coefficient (Wildman–Crippen LogP) is 1.14. The van der Waals surface area contributed by atoms with Gasteiger partial charge < -0.3 is 16.2 Å². The van der Waals surface area contributed by atoms with Gasteiger partial charge in [0.15, 0.2) is 0 Å². The summed E-state index contributed by atoms with van der Waals surface area (Å²) in [5.74, 6) is -0.539. The van der Waals surface area contributed by atoms with Crippen molar-refractivity contribution in [3.8, 4) is 0 Å². The third-order valence-corrected chi connectivity index (χ3v) is 4.52. The topological polar surface area (TPSA) is 137 Å². The number of rotatable bonds is 4. The number of nitrogens with two attached hydrogens (primary N) is 2. The lowest BCUT2D eigenvalue weighted by atomic mass is 10.3. The van der Waals surface area contributed by atoms with Crippen LogP contribution in [0.15, 0.2) is 33.6 Å². The van der Waals surface area contributed by atoms with Crippen molar-refractivity contribution in [3.05, 3.63) is 24.3 Å². The molecule has 120 valence electrons. The summed E-state index contributed by atoms with van der Waals surface area (Å²) in [6.45, 7) is 0. The molecular formula is C13H18N4O4S. The lowest BCUT2D eigenvalue weighted by molar-refractivity contribution is 0.114. The van der Waals surface area contributed by atoms with Gasteiger partial charge in [-0.15, -0.1) is 4.40 Å². The fourth-order valence-corrected chi connectivity index (χ4v) is 3.07. The van der Waals surface area contributed by atoms with Gasteiger partial charge in [-0.05, 0) is 49.9 Å². The molecule has 9 heteroatoms. The van der Waals surface area contributed by atoms with Crippen LogP contribution in [-0.2, 0) is 14.8 Å². The Balaban J connectivity index is 2.00. The lowest BCUT2D eigenvalue weighted by Gasteiger charge is -2.12. The molecule has 0 unspecified atom stereocenters. The number of nitrogens with one attached hydrogen (secondary N) is 1. The van der Waals surface area contributed by atoms with Gasteiger partial charge in [-0.1, -0.05) is 0 Å². The molecule has 0 radical (unpaired) electrons. The zero-order valence-electron chi connectivity index (χ0n) is 11.9. The van der Waals surface area contributed by atoms with Crippen LogP contribution in [0.5, 0.6) is 0 Å². The van der Waals surface area contributed by atoms with Gasteiger partial charge in [-0.25, -0.2) is 4.79 Å². The van der Waals surface area contributed by atoms with E-state index in [9.17, 15) is 13.2 Å². The van der Waals surface area contributed by atoms with Crippen LogP contribution in [0.25, 0.3) is 0 Å². The standard InChI is InChI=1S/C13H18N4O4S/c14-12(15)17-22(19,20)11-7-5-9(6-8-11)16-13(18)21-10-3-1-2-4-10/h5-8,10H,1-4H2,(H,16,18)(H4,14,15,17). The van der Waals surface area contributed by atoms with Gasteiger partial charge in [0.25, 0.3) is 10.0 Å². The smallest absolute Gasteiger partial charge is 0.411 e. The summed E-state index contributed by atoms with van der Waals surface area (Å²) < 4.78 is 31.9. The molecular weight excluding hydrogens is 308 g/mol. The van der Waals surface area contributed by atoms with Crippen LogP contribution in [0.4, 0.5) is 10.5 Å². The molecule has 2 rings (SSSR count). The first kappa shape index (κ1) is 16.1. The lowest BCUT2D eigenvalue weighted by Crippen LogP contribution is -2.24. The summed E-state index contributed by atoms with van der Waals surface area (Å²) in [5.41, 5.74) is 10.6. The number of guanidine groups is 1. The highest BCUT2D eigenvalue weighted by atomic mass is 32.2. The first-order chi connectivity index (χ1) is 10.4. The minimum absolute atomic E-state index is 0.0403. The number of nitrogens with zero attached hydrogens (tertiary/aromatic N) is 1. The van der Waals surface area contributed by atoms with Crippen molar-refractivity contribution in [1.29, 1.82) is 0 Å². The number of hydrogen-bond donors (Lipinski definition) is 3. The summed E-state index contributed by atoms with van der Waals surface area (Å²) in [4.78, 5) is 11.6. The van der Waals surface area contributed by atoms with E-state index in [1.807, 2.05) is 0 Å². The number of amides is 1. The van der Waals surface area contributed by atoms with Crippen LogP contribution in [0, 0.1) is 0 Å². The Bertz CT molecular complexity index is 660. The first-order valence-corrected chi connectivity index (χ1v) is 8.24. The Kier molecular flexibility index (Phi) is 4.86. The van der Waals surface area contributed by atoms with Crippen molar-refractivity contribution < 1.29 is 17.9 Å². The summed E-state index contributed by atoms with van der Waals surface area (Å²) >= 11 is 0. The summed E-state index contributed by atoms with van der Waals surface area (Å²) in [6, 6.07) is 5.47. The quantitative estimate of drug-likeness (QED) is 0.560. The van der Waals surface area contributed by atoms with E-state index in [-0.39, 0.29) is 11.0 Å². The van der Waals surface area contributed by atoms with Crippen LogP contribution in [0.3, 0.4) is 0 Å². The molecule has 0 bridgehead atoms. The van der Waals surface area contributed by atoms with E-state index < -0.39 is 22.1 Å². The van der Waals surface area contributed by atoms with E-state index in [1.165, 1.54) is 24.3 Å². The zero-order chi connectivity index (χ0) is 16.2. The average molecular weight is 326 g/mol. The summed E-state index contributed by atoms with van der Waals surface area (Å²) in [5, 5.41) is 2.55. The van der Waals surface area contributed by atoms with Gasteiger partial charge in [-0.3, -0.25) is 5.32 Å². The molecule has 0 heterocycles. The molecule has 1 aliphatic carbocycles. The van der Waals surface area contributed by atoms with Crippen molar-refractivity contribution in [2.24, 2.45) is 15.9 Å². The maximum absolute atomic E-state index is 11.7. The molecule has 1 fully saturated rings. The number of ether oxygens (including phenoxy) is 1. The second-order valence-corrected chi connectivity index (χ2v) is 6.56. The average Bonchev–Trinajstić information content (AvgIpc) is 2.90. The molecule has 1 aromatic carbocycles. The molecule has 5 N–H and O–H groups in total. The minimum atomic E-state index is -3.93. The molecule has 22 heavy (non-hydrogen) atoms. The van der Waals surface area contributed by atoms with Gasteiger partial charge in [0.05, 0.1) is 4.90 Å².